The lowest BCUT2D eigenvalue weighted by atomic mass is 9.95. The maximum absolute atomic E-state index is 6.30. The monoisotopic (exact) mass is 655 g/mol. The molecule has 0 aliphatic heterocycles. The first-order chi connectivity index (χ1) is 24.8. The van der Waals surface area contributed by atoms with Gasteiger partial charge in [-0.3, -0.25) is 0 Å². The van der Waals surface area contributed by atoms with Crippen molar-refractivity contribution in [1.82, 2.24) is 15.0 Å². The molecule has 0 radical (unpaired) electrons. The molecule has 0 spiro atoms. The van der Waals surface area contributed by atoms with Gasteiger partial charge in [0.25, 0.3) is 0 Å². The zero-order valence-corrected chi connectivity index (χ0v) is 27.4. The highest BCUT2D eigenvalue weighted by Gasteiger charge is 2.19. The summed E-state index contributed by atoms with van der Waals surface area (Å²) in [6.45, 7) is 0. The van der Waals surface area contributed by atoms with Gasteiger partial charge < -0.3 is 4.42 Å². The van der Waals surface area contributed by atoms with Crippen molar-refractivity contribution in [3.63, 3.8) is 0 Å². The van der Waals surface area contributed by atoms with E-state index in [9.17, 15) is 0 Å². The van der Waals surface area contributed by atoms with Gasteiger partial charge in [-0.05, 0) is 62.6 Å². The van der Waals surface area contributed by atoms with Crippen molar-refractivity contribution in [2.24, 2.45) is 0 Å². The Bertz CT molecular complexity index is 3170. The molecular weight excluding hydrogens is 631 g/mol. The molecule has 3 aromatic heterocycles. The highest BCUT2D eigenvalue weighted by Crippen LogP contribution is 2.41. The Labute approximate surface area is 289 Å². The number of benzene rings is 8. The molecule has 11 rings (SSSR count). The molecule has 4 nitrogen and oxygen atoms in total. The molecule has 0 bridgehead atoms. The van der Waals surface area contributed by atoms with Crippen LogP contribution < -0.4 is 0 Å². The Hall–Kier alpha value is -6.43. The van der Waals surface area contributed by atoms with Crippen molar-refractivity contribution in [3.8, 4) is 34.2 Å². The topological polar surface area (TPSA) is 51.8 Å². The second-order valence-electron chi connectivity index (χ2n) is 12.7. The third kappa shape index (κ3) is 4.08. The number of rotatable bonds is 3. The van der Waals surface area contributed by atoms with Crippen LogP contribution in [0.2, 0.25) is 0 Å². The molecule has 50 heavy (non-hydrogen) atoms. The fraction of sp³-hybridized carbons (Fsp3) is 0. The smallest absolute Gasteiger partial charge is 0.164 e. The molecule has 232 valence electrons. The van der Waals surface area contributed by atoms with Gasteiger partial charge in [-0.1, -0.05) is 121 Å². The molecule has 0 fully saturated rings. The van der Waals surface area contributed by atoms with Gasteiger partial charge in [-0.2, -0.15) is 0 Å². The lowest BCUT2D eigenvalue weighted by Crippen LogP contribution is -2.01. The van der Waals surface area contributed by atoms with Crippen molar-refractivity contribution in [2.45, 2.75) is 0 Å². The predicted molar refractivity (Wildman–Crippen MR) is 209 cm³/mol. The average Bonchev–Trinajstić information content (AvgIpc) is 3.75. The van der Waals surface area contributed by atoms with Crippen LogP contribution >= 0.6 is 11.3 Å². The molecule has 5 heteroatoms. The molecular formula is C45H25N3OS. The zero-order valence-electron chi connectivity index (χ0n) is 26.6. The molecule has 0 unspecified atom stereocenters. The maximum atomic E-state index is 6.30. The standard InChI is InChI=1S/C45H25N3OS/c1-2-10-28-26(9-1)19-21-31-29-13-7-14-35(32(29)24-23-30(28)31)44-46-43(27-20-22-34-33-11-3-5-16-38(33)49-39(34)25-27)47-45(48-44)37-15-8-18-41-42(37)36-12-4-6-17-40(36)50-41/h1-25H. The van der Waals surface area contributed by atoms with E-state index in [-0.39, 0.29) is 0 Å². The molecule has 0 atom stereocenters. The van der Waals surface area contributed by atoms with Crippen LogP contribution in [0.1, 0.15) is 0 Å². The Morgan fingerprint density at radius 3 is 1.92 bits per heavy atom. The lowest BCUT2D eigenvalue weighted by molar-refractivity contribution is 0.669. The summed E-state index contributed by atoms with van der Waals surface area (Å²) in [5.74, 6) is 1.89. The second-order valence-corrected chi connectivity index (χ2v) is 13.8. The van der Waals surface area contributed by atoms with E-state index in [2.05, 4.69) is 133 Å². The number of thiophene rings is 1. The zero-order chi connectivity index (χ0) is 32.8. The Balaban J connectivity index is 1.19. The quantitative estimate of drug-likeness (QED) is 0.178. The van der Waals surface area contributed by atoms with Gasteiger partial charge in [-0.15, -0.1) is 11.3 Å². The van der Waals surface area contributed by atoms with Crippen molar-refractivity contribution < 1.29 is 4.42 Å². The molecule has 0 amide bonds. The molecule has 8 aromatic carbocycles. The van der Waals surface area contributed by atoms with Gasteiger partial charge >= 0.3 is 0 Å². The van der Waals surface area contributed by atoms with E-state index in [4.69, 9.17) is 19.4 Å². The summed E-state index contributed by atoms with van der Waals surface area (Å²) < 4.78 is 8.75. The first-order valence-electron chi connectivity index (χ1n) is 16.7. The maximum Gasteiger partial charge on any atom is 0.164 e. The number of hydrogen-bond acceptors (Lipinski definition) is 5. The average molecular weight is 656 g/mol. The summed E-state index contributed by atoms with van der Waals surface area (Å²) in [5, 5.41) is 11.7. The number of furan rings is 1. The summed E-state index contributed by atoms with van der Waals surface area (Å²) in [4.78, 5) is 15.7. The molecule has 0 saturated heterocycles. The van der Waals surface area contributed by atoms with Gasteiger partial charge in [0.2, 0.25) is 0 Å². The molecule has 0 N–H and O–H groups in total. The van der Waals surface area contributed by atoms with Gasteiger partial charge in [0.15, 0.2) is 17.5 Å². The predicted octanol–water partition coefficient (Wildman–Crippen LogP) is 12.6. The van der Waals surface area contributed by atoms with E-state index in [1.165, 1.54) is 47.1 Å². The van der Waals surface area contributed by atoms with Gasteiger partial charge in [0.05, 0.1) is 0 Å². The van der Waals surface area contributed by atoms with Crippen LogP contribution in [0.4, 0.5) is 0 Å². The van der Waals surface area contributed by atoms with Crippen molar-refractivity contribution in [1.29, 1.82) is 0 Å². The van der Waals surface area contributed by atoms with Crippen LogP contribution in [0.15, 0.2) is 156 Å². The fourth-order valence-electron chi connectivity index (χ4n) is 7.62. The van der Waals surface area contributed by atoms with Gasteiger partial charge in [0, 0.05) is 47.6 Å². The van der Waals surface area contributed by atoms with Crippen molar-refractivity contribution in [3.05, 3.63) is 152 Å². The first kappa shape index (κ1) is 27.5. The fourth-order valence-corrected chi connectivity index (χ4v) is 8.76. The van der Waals surface area contributed by atoms with Crippen LogP contribution in [0.25, 0.3) is 109 Å². The van der Waals surface area contributed by atoms with Gasteiger partial charge in [0.1, 0.15) is 11.2 Å². The molecule has 0 aliphatic rings. The summed E-state index contributed by atoms with van der Waals surface area (Å²) in [5.41, 5.74) is 4.51. The lowest BCUT2D eigenvalue weighted by Gasteiger charge is -2.13. The number of aromatic nitrogens is 3. The van der Waals surface area contributed by atoms with Crippen LogP contribution in [0.5, 0.6) is 0 Å². The normalized spacial score (nSPS) is 12.0. The molecule has 0 saturated carbocycles. The highest BCUT2D eigenvalue weighted by atomic mass is 32.1. The van der Waals surface area contributed by atoms with E-state index in [1.807, 2.05) is 18.2 Å². The third-order valence-corrected chi connectivity index (χ3v) is 11.1. The summed E-state index contributed by atoms with van der Waals surface area (Å²) in [7, 11) is 0. The van der Waals surface area contributed by atoms with Crippen LogP contribution in [0, 0.1) is 0 Å². The van der Waals surface area contributed by atoms with Crippen molar-refractivity contribution >= 4 is 85.8 Å². The second kappa shape index (κ2) is 10.5. The van der Waals surface area contributed by atoms with Crippen LogP contribution in [-0.4, -0.2) is 15.0 Å². The Kier molecular flexibility index (Phi) is 5.80. The summed E-state index contributed by atoms with van der Waals surface area (Å²) in [6, 6.07) is 53.3. The van der Waals surface area contributed by atoms with E-state index in [1.54, 1.807) is 11.3 Å². The van der Waals surface area contributed by atoms with Crippen LogP contribution in [-0.2, 0) is 0 Å². The highest BCUT2D eigenvalue weighted by molar-refractivity contribution is 7.25. The van der Waals surface area contributed by atoms with Crippen molar-refractivity contribution in [2.75, 3.05) is 0 Å². The molecule has 0 aliphatic carbocycles. The number of para-hydroxylation sites is 1. The van der Waals surface area contributed by atoms with E-state index < -0.39 is 0 Å². The SMILES string of the molecule is c1ccc2c(c1)ccc1c3cccc(-c4nc(-c5ccc6c(c5)oc5ccccc56)nc(-c5cccc6sc7ccccc7c56)n4)c3ccc21. The minimum atomic E-state index is 0.604. The van der Waals surface area contributed by atoms with E-state index in [0.717, 1.165) is 44.0 Å². The summed E-state index contributed by atoms with van der Waals surface area (Å²) >= 11 is 1.80. The van der Waals surface area contributed by atoms with Crippen LogP contribution in [0.3, 0.4) is 0 Å². The third-order valence-electron chi connectivity index (χ3n) is 9.94. The first-order valence-corrected chi connectivity index (χ1v) is 17.5. The summed E-state index contributed by atoms with van der Waals surface area (Å²) in [6.07, 6.45) is 0. The molecule has 3 heterocycles. The number of nitrogens with zero attached hydrogens (tertiary/aromatic N) is 3. The van der Waals surface area contributed by atoms with E-state index >= 15 is 0 Å². The Morgan fingerprint density at radius 2 is 0.980 bits per heavy atom. The largest absolute Gasteiger partial charge is 0.456 e. The minimum Gasteiger partial charge on any atom is -0.456 e. The molecule has 11 aromatic rings. The van der Waals surface area contributed by atoms with E-state index in [0.29, 0.717) is 17.5 Å². The number of hydrogen-bond donors (Lipinski definition) is 0. The minimum absolute atomic E-state index is 0.604. The number of fused-ring (bicyclic) bond motifs is 11. The van der Waals surface area contributed by atoms with Gasteiger partial charge in [-0.25, -0.2) is 15.0 Å². The Morgan fingerprint density at radius 1 is 0.380 bits per heavy atom.